The van der Waals surface area contributed by atoms with Gasteiger partial charge in [-0.15, -0.1) is 0 Å². The molecule has 2 aliphatic heterocycles. The highest BCUT2D eigenvalue weighted by Gasteiger charge is 2.20. The van der Waals surface area contributed by atoms with Gasteiger partial charge in [0.15, 0.2) is 11.5 Å². The van der Waals surface area contributed by atoms with E-state index in [0.717, 1.165) is 30.8 Å². The molecule has 1 N–H and O–H groups in total. The van der Waals surface area contributed by atoms with Crippen LogP contribution >= 0.6 is 0 Å². The van der Waals surface area contributed by atoms with Crippen molar-refractivity contribution in [2.75, 3.05) is 18.5 Å². The highest BCUT2D eigenvalue weighted by Crippen LogP contribution is 2.32. The van der Waals surface area contributed by atoms with E-state index in [2.05, 4.69) is 10.3 Å². The Morgan fingerprint density at radius 2 is 2.00 bits per heavy atom. The molecule has 1 amide bonds. The molecular weight excluding hydrogens is 372 g/mol. The lowest BCUT2D eigenvalue weighted by atomic mass is 10.1. The molecule has 8 heteroatoms. The van der Waals surface area contributed by atoms with Crippen molar-refractivity contribution in [2.45, 2.75) is 39.3 Å². The summed E-state index contributed by atoms with van der Waals surface area (Å²) in [5, 5.41) is 2.88. The molecule has 29 heavy (non-hydrogen) atoms. The summed E-state index contributed by atoms with van der Waals surface area (Å²) in [6.07, 6.45) is 2.85. The van der Waals surface area contributed by atoms with Crippen molar-refractivity contribution < 1.29 is 14.3 Å². The van der Waals surface area contributed by atoms with Gasteiger partial charge in [-0.3, -0.25) is 14.2 Å². The molecule has 0 fully saturated rings. The lowest BCUT2D eigenvalue weighted by Gasteiger charge is -2.19. The zero-order valence-corrected chi connectivity index (χ0v) is 16.2. The summed E-state index contributed by atoms with van der Waals surface area (Å²) in [6, 6.07) is 7.19. The summed E-state index contributed by atoms with van der Waals surface area (Å²) in [6.45, 7) is 3.62. The average molecular weight is 394 g/mol. The molecule has 0 saturated carbocycles. The van der Waals surface area contributed by atoms with Gasteiger partial charge in [-0.25, -0.2) is 4.98 Å². The predicted octanol–water partition coefficient (Wildman–Crippen LogP) is 2.25. The number of aryl methyl sites for hydroxylation is 2. The molecule has 3 aromatic rings. The van der Waals surface area contributed by atoms with E-state index in [4.69, 9.17) is 9.47 Å². The van der Waals surface area contributed by atoms with Gasteiger partial charge in [0.25, 0.3) is 5.56 Å². The quantitative estimate of drug-likeness (QED) is 0.736. The van der Waals surface area contributed by atoms with Crippen LogP contribution in [0.4, 0.5) is 5.69 Å². The Labute approximate surface area is 167 Å². The number of nitrogens with one attached hydrogen (secondary N) is 1. The summed E-state index contributed by atoms with van der Waals surface area (Å²) < 4.78 is 14.6. The van der Waals surface area contributed by atoms with E-state index in [9.17, 15) is 9.59 Å². The number of carbonyl (C=O) groups excluding carboxylic acids is 1. The van der Waals surface area contributed by atoms with Crippen molar-refractivity contribution in [3.05, 3.63) is 46.1 Å². The van der Waals surface area contributed by atoms with Gasteiger partial charge in [-0.2, -0.15) is 0 Å². The number of carbonyl (C=O) groups is 1. The Kier molecular flexibility index (Phi) is 4.26. The van der Waals surface area contributed by atoms with Gasteiger partial charge in [0.2, 0.25) is 5.91 Å². The molecule has 0 spiro atoms. The van der Waals surface area contributed by atoms with Gasteiger partial charge >= 0.3 is 0 Å². The van der Waals surface area contributed by atoms with Gasteiger partial charge in [0, 0.05) is 30.4 Å². The first-order valence-corrected chi connectivity index (χ1v) is 9.89. The topological polar surface area (TPSA) is 87.4 Å². The maximum Gasteiger partial charge on any atom is 0.278 e. The SMILES string of the molecule is Cc1cc2nc3n(c(=O)c2n1CC(=O)Nc1ccc2c(c1)OCCO2)CCCC3. The lowest BCUT2D eigenvalue weighted by Crippen LogP contribution is -2.30. The second-order valence-corrected chi connectivity index (χ2v) is 7.45. The molecule has 0 radical (unpaired) electrons. The molecule has 2 aliphatic rings. The molecule has 8 nitrogen and oxygen atoms in total. The Morgan fingerprint density at radius 3 is 2.86 bits per heavy atom. The fourth-order valence-electron chi connectivity index (χ4n) is 4.06. The van der Waals surface area contributed by atoms with E-state index in [1.54, 1.807) is 27.3 Å². The first kappa shape index (κ1) is 17.8. The summed E-state index contributed by atoms with van der Waals surface area (Å²) in [4.78, 5) is 30.4. The zero-order chi connectivity index (χ0) is 20.0. The predicted molar refractivity (Wildman–Crippen MR) is 108 cm³/mol. The highest BCUT2D eigenvalue weighted by atomic mass is 16.6. The van der Waals surface area contributed by atoms with Crippen LogP contribution in [-0.4, -0.2) is 33.2 Å². The minimum atomic E-state index is -0.218. The summed E-state index contributed by atoms with van der Waals surface area (Å²) in [5.41, 5.74) is 2.55. The number of hydrogen-bond donors (Lipinski definition) is 1. The lowest BCUT2D eigenvalue weighted by molar-refractivity contribution is -0.116. The standard InChI is InChI=1S/C21H22N4O4/c1-13-10-15-20(21(27)24-7-3-2-4-18(24)23-15)25(13)12-19(26)22-14-5-6-16-17(11-14)29-9-8-28-16/h5-6,10-11H,2-4,7-9,12H2,1H3,(H,22,26). The van der Waals surface area contributed by atoms with Crippen LogP contribution in [0, 0.1) is 6.92 Å². The van der Waals surface area contributed by atoms with Gasteiger partial charge < -0.3 is 19.4 Å². The first-order chi connectivity index (χ1) is 14.1. The smallest absolute Gasteiger partial charge is 0.278 e. The van der Waals surface area contributed by atoms with E-state index in [0.29, 0.717) is 48.0 Å². The third-order valence-corrected chi connectivity index (χ3v) is 5.45. The van der Waals surface area contributed by atoms with Crippen LogP contribution < -0.4 is 20.3 Å². The number of rotatable bonds is 3. The highest BCUT2D eigenvalue weighted by molar-refractivity contribution is 5.92. The van der Waals surface area contributed by atoms with E-state index in [1.807, 2.05) is 13.0 Å². The minimum Gasteiger partial charge on any atom is -0.486 e. The van der Waals surface area contributed by atoms with Crippen LogP contribution in [0.15, 0.2) is 29.1 Å². The molecular formula is C21H22N4O4. The van der Waals surface area contributed by atoms with Crippen LogP contribution in [0.5, 0.6) is 11.5 Å². The monoisotopic (exact) mass is 394 g/mol. The number of hydrogen-bond acceptors (Lipinski definition) is 5. The zero-order valence-electron chi connectivity index (χ0n) is 16.2. The maximum absolute atomic E-state index is 13.0. The van der Waals surface area contributed by atoms with E-state index in [1.165, 1.54) is 0 Å². The van der Waals surface area contributed by atoms with Crippen LogP contribution in [0.3, 0.4) is 0 Å². The third kappa shape index (κ3) is 3.14. The van der Waals surface area contributed by atoms with E-state index >= 15 is 0 Å². The minimum absolute atomic E-state index is 0.0417. The normalized spacial score (nSPS) is 15.2. The second kappa shape index (κ2) is 6.95. The Balaban J connectivity index is 1.43. The molecule has 0 atom stereocenters. The van der Waals surface area contributed by atoms with Crippen molar-refractivity contribution in [3.63, 3.8) is 0 Å². The van der Waals surface area contributed by atoms with Gasteiger partial charge in [0.1, 0.15) is 31.1 Å². The third-order valence-electron chi connectivity index (χ3n) is 5.45. The molecule has 0 unspecified atom stereocenters. The average Bonchev–Trinajstić information content (AvgIpc) is 3.03. The van der Waals surface area contributed by atoms with Crippen molar-refractivity contribution in [1.29, 1.82) is 0 Å². The molecule has 2 aromatic heterocycles. The fraction of sp³-hybridized carbons (Fsp3) is 0.381. The molecule has 0 bridgehead atoms. The number of fused-ring (bicyclic) bond motifs is 3. The van der Waals surface area contributed by atoms with Crippen LogP contribution in [-0.2, 0) is 24.3 Å². The second-order valence-electron chi connectivity index (χ2n) is 7.45. The van der Waals surface area contributed by atoms with Gasteiger partial charge in [0.05, 0.1) is 5.52 Å². The summed E-state index contributed by atoms with van der Waals surface area (Å²) >= 11 is 0. The summed E-state index contributed by atoms with van der Waals surface area (Å²) in [7, 11) is 0. The van der Waals surface area contributed by atoms with E-state index in [-0.39, 0.29) is 18.0 Å². The van der Waals surface area contributed by atoms with E-state index < -0.39 is 0 Å². The molecule has 0 saturated heterocycles. The summed E-state index contributed by atoms with van der Waals surface area (Å²) in [5.74, 6) is 1.91. The van der Waals surface area contributed by atoms with Crippen molar-refractivity contribution in [3.8, 4) is 11.5 Å². The molecule has 1 aromatic carbocycles. The number of anilines is 1. The van der Waals surface area contributed by atoms with Crippen molar-refractivity contribution in [2.24, 2.45) is 0 Å². The Bertz CT molecular complexity index is 1180. The van der Waals surface area contributed by atoms with Crippen LogP contribution in [0.2, 0.25) is 0 Å². The van der Waals surface area contributed by atoms with Crippen molar-refractivity contribution >= 4 is 22.6 Å². The van der Waals surface area contributed by atoms with Crippen molar-refractivity contribution in [1.82, 2.24) is 14.1 Å². The Morgan fingerprint density at radius 1 is 1.17 bits per heavy atom. The molecule has 0 aliphatic carbocycles. The number of aromatic nitrogens is 3. The number of benzene rings is 1. The number of ether oxygens (including phenoxy) is 2. The van der Waals surface area contributed by atoms with Crippen LogP contribution in [0.25, 0.3) is 11.0 Å². The van der Waals surface area contributed by atoms with Gasteiger partial charge in [-0.1, -0.05) is 0 Å². The largest absolute Gasteiger partial charge is 0.486 e. The first-order valence-electron chi connectivity index (χ1n) is 9.89. The molecule has 4 heterocycles. The molecule has 5 rings (SSSR count). The number of amides is 1. The maximum atomic E-state index is 13.0. The van der Waals surface area contributed by atoms with Gasteiger partial charge in [-0.05, 0) is 38.0 Å². The Hall–Kier alpha value is -3.29. The number of nitrogens with zero attached hydrogens (tertiary/aromatic N) is 3. The fourth-order valence-corrected chi connectivity index (χ4v) is 4.06. The van der Waals surface area contributed by atoms with Crippen LogP contribution in [0.1, 0.15) is 24.4 Å². The molecule has 150 valence electrons.